The number of hydrogen-bond acceptors (Lipinski definition) is 3. The number of nitrogens with one attached hydrogen (secondary N) is 2. The summed E-state index contributed by atoms with van der Waals surface area (Å²) < 4.78 is 0. The Labute approximate surface area is 112 Å². The first-order valence-electron chi connectivity index (χ1n) is 6.65. The summed E-state index contributed by atoms with van der Waals surface area (Å²) in [6, 6.07) is -0.180. The van der Waals surface area contributed by atoms with E-state index in [1.165, 1.54) is 0 Å². The fourth-order valence-electron chi connectivity index (χ4n) is 2.21. The first-order valence-corrected chi connectivity index (χ1v) is 6.65. The summed E-state index contributed by atoms with van der Waals surface area (Å²) >= 11 is 0. The minimum atomic E-state index is -0.180. The van der Waals surface area contributed by atoms with E-state index in [9.17, 15) is 9.59 Å². The molecule has 19 heavy (non-hydrogen) atoms. The molecule has 1 aromatic heterocycles. The standard InChI is InChI=1S/C13H20N4O2/c1-9-7-14-13(15-9)10(2)16-11(18)8-17-6-4-3-5-12(17)19/h7,10H,3-6,8H2,1-2H3,(H,14,15)(H,16,18)/t10-/m0/s1. The molecule has 2 N–H and O–H groups in total. The van der Waals surface area contributed by atoms with Gasteiger partial charge in [0, 0.05) is 24.9 Å². The van der Waals surface area contributed by atoms with Gasteiger partial charge in [0.05, 0.1) is 12.6 Å². The lowest BCUT2D eigenvalue weighted by Crippen LogP contribution is -2.43. The Bertz CT molecular complexity index is 469. The summed E-state index contributed by atoms with van der Waals surface area (Å²) in [5.41, 5.74) is 0.960. The van der Waals surface area contributed by atoms with Gasteiger partial charge in [-0.1, -0.05) is 0 Å². The van der Waals surface area contributed by atoms with Crippen molar-refractivity contribution in [3.8, 4) is 0 Å². The van der Waals surface area contributed by atoms with Gasteiger partial charge in [0.15, 0.2) is 0 Å². The number of rotatable bonds is 4. The Morgan fingerprint density at radius 1 is 1.58 bits per heavy atom. The topological polar surface area (TPSA) is 78.1 Å². The minimum absolute atomic E-state index is 0.0721. The number of H-pyrrole nitrogens is 1. The van der Waals surface area contributed by atoms with Crippen LogP contribution >= 0.6 is 0 Å². The maximum Gasteiger partial charge on any atom is 0.240 e. The Morgan fingerprint density at radius 2 is 2.37 bits per heavy atom. The molecule has 1 atom stereocenters. The van der Waals surface area contributed by atoms with E-state index >= 15 is 0 Å². The molecule has 0 aromatic carbocycles. The maximum absolute atomic E-state index is 11.9. The second-order valence-electron chi connectivity index (χ2n) is 5.01. The van der Waals surface area contributed by atoms with Crippen LogP contribution in [0.4, 0.5) is 0 Å². The molecule has 1 aliphatic rings. The van der Waals surface area contributed by atoms with Crippen LogP contribution in [0.2, 0.25) is 0 Å². The van der Waals surface area contributed by atoms with Crippen LogP contribution in [0.25, 0.3) is 0 Å². The van der Waals surface area contributed by atoms with E-state index in [0.717, 1.165) is 24.4 Å². The molecule has 1 aromatic rings. The van der Waals surface area contributed by atoms with Gasteiger partial charge < -0.3 is 15.2 Å². The van der Waals surface area contributed by atoms with Gasteiger partial charge in [-0.2, -0.15) is 0 Å². The second-order valence-corrected chi connectivity index (χ2v) is 5.01. The Kier molecular flexibility index (Phi) is 4.19. The zero-order valence-corrected chi connectivity index (χ0v) is 11.4. The highest BCUT2D eigenvalue weighted by molar-refractivity contribution is 5.85. The van der Waals surface area contributed by atoms with Crippen molar-refractivity contribution in [1.29, 1.82) is 0 Å². The van der Waals surface area contributed by atoms with Crippen molar-refractivity contribution in [3.05, 3.63) is 17.7 Å². The summed E-state index contributed by atoms with van der Waals surface area (Å²) in [5.74, 6) is 0.663. The van der Waals surface area contributed by atoms with E-state index in [2.05, 4.69) is 15.3 Å². The van der Waals surface area contributed by atoms with Gasteiger partial charge >= 0.3 is 0 Å². The van der Waals surface area contributed by atoms with Crippen molar-refractivity contribution >= 4 is 11.8 Å². The summed E-state index contributed by atoms with van der Waals surface area (Å²) in [6.45, 7) is 4.61. The van der Waals surface area contributed by atoms with E-state index in [-0.39, 0.29) is 24.4 Å². The van der Waals surface area contributed by atoms with E-state index < -0.39 is 0 Å². The molecule has 1 saturated heterocycles. The Morgan fingerprint density at radius 3 is 3.00 bits per heavy atom. The van der Waals surface area contributed by atoms with E-state index in [1.54, 1.807) is 11.1 Å². The van der Waals surface area contributed by atoms with Gasteiger partial charge in [-0.05, 0) is 26.7 Å². The van der Waals surface area contributed by atoms with Crippen molar-refractivity contribution < 1.29 is 9.59 Å². The number of carbonyl (C=O) groups is 2. The molecule has 0 spiro atoms. The third-order valence-corrected chi connectivity index (χ3v) is 3.27. The number of aryl methyl sites for hydroxylation is 1. The average Bonchev–Trinajstić information content (AvgIpc) is 2.79. The van der Waals surface area contributed by atoms with E-state index in [0.29, 0.717) is 13.0 Å². The fourth-order valence-corrected chi connectivity index (χ4v) is 2.21. The molecule has 6 heteroatoms. The third-order valence-electron chi connectivity index (χ3n) is 3.27. The van der Waals surface area contributed by atoms with E-state index in [4.69, 9.17) is 0 Å². The molecule has 0 saturated carbocycles. The van der Waals surface area contributed by atoms with Gasteiger partial charge in [-0.25, -0.2) is 4.98 Å². The van der Waals surface area contributed by atoms with Crippen LogP contribution in [0.15, 0.2) is 6.20 Å². The molecule has 104 valence electrons. The molecule has 0 bridgehead atoms. The summed E-state index contributed by atoms with van der Waals surface area (Å²) in [5, 5.41) is 2.85. The number of aromatic nitrogens is 2. The first-order chi connectivity index (χ1) is 9.06. The molecule has 2 amide bonds. The average molecular weight is 264 g/mol. The predicted octanol–water partition coefficient (Wildman–Crippen LogP) is 0.908. The van der Waals surface area contributed by atoms with Gasteiger partial charge in [-0.3, -0.25) is 9.59 Å². The molecule has 0 radical (unpaired) electrons. The number of imidazole rings is 1. The van der Waals surface area contributed by atoms with Crippen LogP contribution in [-0.4, -0.2) is 39.8 Å². The maximum atomic E-state index is 11.9. The second kappa shape index (κ2) is 5.86. The molecule has 1 aliphatic heterocycles. The lowest BCUT2D eigenvalue weighted by molar-refractivity contribution is -0.138. The van der Waals surface area contributed by atoms with Crippen molar-refractivity contribution in [2.75, 3.05) is 13.1 Å². The minimum Gasteiger partial charge on any atom is -0.345 e. The highest BCUT2D eigenvalue weighted by Crippen LogP contribution is 2.11. The third kappa shape index (κ3) is 3.56. The van der Waals surface area contributed by atoms with Gasteiger partial charge in [0.1, 0.15) is 5.82 Å². The molecule has 2 heterocycles. The number of nitrogens with zero attached hydrogens (tertiary/aromatic N) is 2. The summed E-state index contributed by atoms with van der Waals surface area (Å²) in [7, 11) is 0. The number of hydrogen-bond donors (Lipinski definition) is 2. The molecule has 0 unspecified atom stereocenters. The van der Waals surface area contributed by atoms with Crippen LogP contribution < -0.4 is 5.32 Å². The number of carbonyl (C=O) groups excluding carboxylic acids is 2. The van der Waals surface area contributed by atoms with Crippen molar-refractivity contribution in [2.24, 2.45) is 0 Å². The molecular weight excluding hydrogens is 244 g/mol. The number of likely N-dealkylation sites (tertiary alicyclic amines) is 1. The number of piperidine rings is 1. The largest absolute Gasteiger partial charge is 0.345 e. The molecule has 2 rings (SSSR count). The normalized spacial score (nSPS) is 17.4. The van der Waals surface area contributed by atoms with Gasteiger partial charge in [-0.15, -0.1) is 0 Å². The Hall–Kier alpha value is -1.85. The zero-order chi connectivity index (χ0) is 13.8. The number of aromatic amines is 1. The van der Waals surface area contributed by atoms with Crippen molar-refractivity contribution in [2.45, 2.75) is 39.2 Å². The predicted molar refractivity (Wildman–Crippen MR) is 70.3 cm³/mol. The highest BCUT2D eigenvalue weighted by atomic mass is 16.2. The van der Waals surface area contributed by atoms with Crippen LogP contribution in [-0.2, 0) is 9.59 Å². The molecule has 1 fully saturated rings. The molecule has 0 aliphatic carbocycles. The van der Waals surface area contributed by atoms with Crippen molar-refractivity contribution in [1.82, 2.24) is 20.2 Å². The Balaban J connectivity index is 1.85. The SMILES string of the molecule is Cc1cnc([C@H](C)NC(=O)CN2CCCCC2=O)[nH]1. The molecule has 6 nitrogen and oxygen atoms in total. The summed E-state index contributed by atoms with van der Waals surface area (Å²) in [4.78, 5) is 32.4. The zero-order valence-electron chi connectivity index (χ0n) is 11.4. The number of amides is 2. The lowest BCUT2D eigenvalue weighted by Gasteiger charge is -2.26. The fraction of sp³-hybridized carbons (Fsp3) is 0.615. The molecular formula is C13H20N4O2. The van der Waals surface area contributed by atoms with Crippen LogP contribution in [0.3, 0.4) is 0 Å². The van der Waals surface area contributed by atoms with Crippen LogP contribution in [0.5, 0.6) is 0 Å². The smallest absolute Gasteiger partial charge is 0.240 e. The van der Waals surface area contributed by atoms with E-state index in [1.807, 2.05) is 13.8 Å². The van der Waals surface area contributed by atoms with Crippen LogP contribution in [0.1, 0.15) is 43.7 Å². The quantitative estimate of drug-likeness (QED) is 0.848. The van der Waals surface area contributed by atoms with Crippen LogP contribution in [0, 0.1) is 6.92 Å². The van der Waals surface area contributed by atoms with Gasteiger partial charge in [0.2, 0.25) is 11.8 Å². The monoisotopic (exact) mass is 264 g/mol. The van der Waals surface area contributed by atoms with Crippen molar-refractivity contribution in [3.63, 3.8) is 0 Å². The first kappa shape index (κ1) is 13.6. The highest BCUT2D eigenvalue weighted by Gasteiger charge is 2.21. The summed E-state index contributed by atoms with van der Waals surface area (Å²) in [6.07, 6.45) is 4.19. The lowest BCUT2D eigenvalue weighted by atomic mass is 10.1. The van der Waals surface area contributed by atoms with Gasteiger partial charge in [0.25, 0.3) is 0 Å².